The number of amides is 1. The van der Waals surface area contributed by atoms with Gasteiger partial charge in [-0.25, -0.2) is 0 Å². The molecule has 0 aliphatic rings. The molecule has 0 fully saturated rings. The van der Waals surface area contributed by atoms with Gasteiger partial charge in [0.2, 0.25) is 0 Å². The zero-order valence-corrected chi connectivity index (χ0v) is 18.6. The van der Waals surface area contributed by atoms with Crippen molar-refractivity contribution >= 4 is 11.7 Å². The number of carbonyl (C=O) groups is 1. The average molecular weight is 414 g/mol. The van der Waals surface area contributed by atoms with Gasteiger partial charge in [0.15, 0.2) is 0 Å². The molecule has 0 atom stereocenters. The Morgan fingerprint density at radius 1 is 1.10 bits per heavy atom. The Morgan fingerprint density at radius 3 is 2.20 bits per heavy atom. The van der Waals surface area contributed by atoms with Gasteiger partial charge in [-0.1, -0.05) is 33.8 Å². The van der Waals surface area contributed by atoms with Gasteiger partial charge in [-0.3, -0.25) is 18.8 Å². The Balaban J connectivity index is 0.00000106. The molecular weight excluding hydrogens is 382 g/mol. The summed E-state index contributed by atoms with van der Waals surface area (Å²) >= 11 is 0. The van der Waals surface area contributed by atoms with Crippen molar-refractivity contribution in [3.8, 4) is 22.7 Å². The average Bonchev–Trinajstić information content (AvgIpc) is 3.16. The van der Waals surface area contributed by atoms with Crippen LogP contribution in [0.1, 0.15) is 49.2 Å². The summed E-state index contributed by atoms with van der Waals surface area (Å²) in [6, 6.07) is 6.24. The Labute approximate surface area is 176 Å². The fraction of sp³-hybridized carbons (Fsp3) is 0.318. The number of phenolic OH excluding ortho intramolecular Hbond substituents is 1. The quantitative estimate of drug-likeness (QED) is 0.607. The molecule has 0 bridgehead atoms. The van der Waals surface area contributed by atoms with Crippen LogP contribution in [0.5, 0.6) is 5.75 Å². The monoisotopic (exact) mass is 413 g/mol. The summed E-state index contributed by atoms with van der Waals surface area (Å²) in [5.74, 6) is -0.816. The predicted molar refractivity (Wildman–Crippen MR) is 121 cm³/mol. The third kappa shape index (κ3) is 4.37. The van der Waals surface area contributed by atoms with Gasteiger partial charge >= 0.3 is 0 Å². The number of carbonyl (C=O) groups excluding carboxylic acids is 1. The van der Waals surface area contributed by atoms with Crippen LogP contribution < -0.4 is 17.0 Å². The van der Waals surface area contributed by atoms with E-state index >= 15 is 0 Å². The van der Waals surface area contributed by atoms with Crippen LogP contribution in [0.4, 0.5) is 5.82 Å². The third-order valence-corrected chi connectivity index (χ3v) is 4.43. The van der Waals surface area contributed by atoms with Gasteiger partial charge in [0.25, 0.3) is 11.5 Å². The second-order valence-corrected chi connectivity index (χ2v) is 6.08. The van der Waals surface area contributed by atoms with E-state index in [2.05, 4.69) is 5.10 Å². The maximum atomic E-state index is 13.2. The highest BCUT2D eigenvalue weighted by Gasteiger charge is 2.22. The van der Waals surface area contributed by atoms with E-state index in [0.717, 1.165) is 0 Å². The molecule has 0 unspecified atom stereocenters. The van der Waals surface area contributed by atoms with Gasteiger partial charge in [0.05, 0.1) is 22.5 Å². The maximum Gasteiger partial charge on any atom is 0.266 e. The van der Waals surface area contributed by atoms with E-state index in [0.29, 0.717) is 22.5 Å². The molecule has 5 N–H and O–H groups in total. The molecule has 0 aliphatic carbocycles. The van der Waals surface area contributed by atoms with Crippen LogP contribution in [0.25, 0.3) is 16.9 Å². The van der Waals surface area contributed by atoms with Crippen molar-refractivity contribution in [2.45, 2.75) is 41.5 Å². The summed E-state index contributed by atoms with van der Waals surface area (Å²) in [5.41, 5.74) is 13.5. The van der Waals surface area contributed by atoms with Gasteiger partial charge < -0.3 is 16.6 Å². The number of aryl methyl sites for hydroxylation is 2. The van der Waals surface area contributed by atoms with E-state index in [4.69, 9.17) is 11.5 Å². The molecule has 0 saturated heterocycles. The van der Waals surface area contributed by atoms with Crippen molar-refractivity contribution in [2.24, 2.45) is 12.8 Å². The number of hydrogen-bond donors (Lipinski definition) is 3. The molecular formula is C22H31N5O3. The van der Waals surface area contributed by atoms with Crippen molar-refractivity contribution in [2.75, 3.05) is 5.73 Å². The Bertz CT molecular complexity index is 1100. The molecule has 3 rings (SSSR count). The molecule has 8 heteroatoms. The number of hydrogen-bond acceptors (Lipinski definition) is 5. The third-order valence-electron chi connectivity index (χ3n) is 4.43. The minimum Gasteiger partial charge on any atom is -0.508 e. The summed E-state index contributed by atoms with van der Waals surface area (Å²) < 4.78 is 2.73. The van der Waals surface area contributed by atoms with E-state index in [9.17, 15) is 14.7 Å². The molecule has 30 heavy (non-hydrogen) atoms. The van der Waals surface area contributed by atoms with Crippen LogP contribution in [0.2, 0.25) is 0 Å². The molecule has 2 aromatic heterocycles. The summed E-state index contributed by atoms with van der Waals surface area (Å²) in [6.45, 7) is 11.5. The highest BCUT2D eigenvalue weighted by Crippen LogP contribution is 2.29. The predicted octanol–water partition coefficient (Wildman–Crippen LogP) is 3.29. The molecule has 0 aliphatic heterocycles. The molecule has 0 spiro atoms. The number of anilines is 1. The number of nitrogens with two attached hydrogens (primary N) is 2. The molecule has 162 valence electrons. The van der Waals surface area contributed by atoms with Crippen LogP contribution in [0.3, 0.4) is 0 Å². The number of benzene rings is 1. The van der Waals surface area contributed by atoms with Crippen LogP contribution in [0.15, 0.2) is 35.3 Å². The van der Waals surface area contributed by atoms with Crippen LogP contribution in [-0.4, -0.2) is 25.4 Å². The van der Waals surface area contributed by atoms with Crippen molar-refractivity contribution in [1.82, 2.24) is 14.3 Å². The molecule has 8 nitrogen and oxygen atoms in total. The first-order valence-electron chi connectivity index (χ1n) is 9.87. The second-order valence-electron chi connectivity index (χ2n) is 6.08. The smallest absolute Gasteiger partial charge is 0.266 e. The lowest BCUT2D eigenvalue weighted by molar-refractivity contribution is 0.100. The second kappa shape index (κ2) is 10.3. The number of nitrogens with zero attached hydrogens (tertiary/aromatic N) is 3. The molecule has 1 amide bonds. The van der Waals surface area contributed by atoms with Gasteiger partial charge in [-0.15, -0.1) is 0 Å². The van der Waals surface area contributed by atoms with Gasteiger partial charge in [-0.2, -0.15) is 5.10 Å². The largest absolute Gasteiger partial charge is 0.508 e. The Hall–Kier alpha value is -3.55. The fourth-order valence-electron chi connectivity index (χ4n) is 3.04. The SMILES string of the molecule is CC.CC.Cc1ccc(O)c(C)c1-n1c(N)c(C(N)=O)cc(-c2ccnn2C)c1=O. The first kappa shape index (κ1) is 24.5. The number of aromatic nitrogens is 3. The number of pyridine rings is 1. The molecule has 2 heterocycles. The molecule has 1 aromatic carbocycles. The first-order valence-corrected chi connectivity index (χ1v) is 9.87. The lowest BCUT2D eigenvalue weighted by Crippen LogP contribution is -2.29. The van der Waals surface area contributed by atoms with Crippen LogP contribution in [-0.2, 0) is 7.05 Å². The summed E-state index contributed by atoms with van der Waals surface area (Å²) in [5, 5.41) is 14.1. The zero-order valence-electron chi connectivity index (χ0n) is 18.6. The van der Waals surface area contributed by atoms with Crippen molar-refractivity contribution in [3.05, 3.63) is 57.5 Å². The summed E-state index contributed by atoms with van der Waals surface area (Å²) in [6.07, 6.45) is 1.55. The fourth-order valence-corrected chi connectivity index (χ4v) is 3.04. The standard InChI is InChI=1S/C18H19N5O3.2C2H6/c1-9-4-5-14(24)10(2)15(9)23-16(19)12(17(20)25)8-11(18(23)26)13-6-7-21-22(13)3;2*1-2/h4-8,24H,19H2,1-3H3,(H2,20,25);2*1-2H3. The van der Waals surface area contributed by atoms with Crippen LogP contribution >= 0.6 is 0 Å². The molecule has 0 saturated carbocycles. The number of phenols is 1. The minimum absolute atomic E-state index is 0.0166. The van der Waals surface area contributed by atoms with Crippen molar-refractivity contribution < 1.29 is 9.90 Å². The lowest BCUT2D eigenvalue weighted by Gasteiger charge is -2.19. The topological polar surface area (TPSA) is 129 Å². The van der Waals surface area contributed by atoms with Crippen molar-refractivity contribution in [3.63, 3.8) is 0 Å². The normalized spacial score (nSPS) is 9.83. The van der Waals surface area contributed by atoms with E-state index in [1.807, 2.05) is 27.7 Å². The minimum atomic E-state index is -0.755. The van der Waals surface area contributed by atoms with E-state index in [1.165, 1.54) is 21.4 Å². The van der Waals surface area contributed by atoms with E-state index < -0.39 is 11.5 Å². The number of primary amides is 1. The summed E-state index contributed by atoms with van der Waals surface area (Å²) in [4.78, 5) is 25.2. The van der Waals surface area contributed by atoms with Crippen LogP contribution in [0, 0.1) is 13.8 Å². The highest BCUT2D eigenvalue weighted by atomic mass is 16.3. The maximum absolute atomic E-state index is 13.2. The Kier molecular flexibility index (Phi) is 8.40. The molecule has 3 aromatic rings. The zero-order chi connectivity index (χ0) is 23.2. The lowest BCUT2D eigenvalue weighted by atomic mass is 10.0. The van der Waals surface area contributed by atoms with Gasteiger partial charge in [-0.05, 0) is 37.6 Å². The van der Waals surface area contributed by atoms with Gasteiger partial charge in [0.1, 0.15) is 11.6 Å². The summed E-state index contributed by atoms with van der Waals surface area (Å²) in [7, 11) is 1.68. The number of nitrogen functional groups attached to an aromatic ring is 1. The van der Waals surface area contributed by atoms with E-state index in [-0.39, 0.29) is 22.7 Å². The van der Waals surface area contributed by atoms with E-state index in [1.54, 1.807) is 39.2 Å². The van der Waals surface area contributed by atoms with Crippen molar-refractivity contribution in [1.29, 1.82) is 0 Å². The Morgan fingerprint density at radius 2 is 1.70 bits per heavy atom. The molecule has 0 radical (unpaired) electrons. The number of rotatable bonds is 3. The highest BCUT2D eigenvalue weighted by molar-refractivity contribution is 5.98. The number of aromatic hydroxyl groups is 1. The first-order chi connectivity index (χ1) is 14.2. The van der Waals surface area contributed by atoms with Gasteiger partial charge in [0, 0.05) is 18.8 Å².